The summed E-state index contributed by atoms with van der Waals surface area (Å²) in [5.74, 6) is 1.64. The minimum Gasteiger partial charge on any atom is -0.494 e. The minimum absolute atomic E-state index is 0.316. The van der Waals surface area contributed by atoms with Gasteiger partial charge in [-0.05, 0) is 38.1 Å². The van der Waals surface area contributed by atoms with Gasteiger partial charge in [-0.15, -0.1) is 0 Å². The van der Waals surface area contributed by atoms with Crippen LogP contribution in [0.1, 0.15) is 18.2 Å². The molecular weight excluding hydrogens is 240 g/mol. The third kappa shape index (κ3) is 3.23. The Kier molecular flexibility index (Phi) is 3.99. The molecule has 0 saturated heterocycles. The zero-order chi connectivity index (χ0) is 13.7. The molecule has 0 aliphatic carbocycles. The summed E-state index contributed by atoms with van der Waals surface area (Å²) in [4.78, 5) is 4.23. The number of aryl methyl sites for hydroxylation is 1. The van der Waals surface area contributed by atoms with Gasteiger partial charge in [-0.2, -0.15) is 5.26 Å². The molecule has 4 heteroatoms. The SMILES string of the molecule is CCOc1cccc(Oc2nc(C)ccc2C#N)c1. The summed E-state index contributed by atoms with van der Waals surface area (Å²) in [6.07, 6.45) is 0. The zero-order valence-corrected chi connectivity index (χ0v) is 10.9. The highest BCUT2D eigenvalue weighted by molar-refractivity contribution is 5.42. The molecule has 0 aliphatic rings. The largest absolute Gasteiger partial charge is 0.494 e. The van der Waals surface area contributed by atoms with E-state index in [0.29, 0.717) is 23.8 Å². The molecule has 0 bridgehead atoms. The van der Waals surface area contributed by atoms with Crippen molar-refractivity contribution in [3.63, 3.8) is 0 Å². The van der Waals surface area contributed by atoms with E-state index in [2.05, 4.69) is 11.1 Å². The van der Waals surface area contributed by atoms with Gasteiger partial charge in [-0.25, -0.2) is 4.98 Å². The fraction of sp³-hybridized carbons (Fsp3) is 0.200. The molecule has 2 rings (SSSR count). The van der Waals surface area contributed by atoms with Gasteiger partial charge in [0.1, 0.15) is 23.1 Å². The van der Waals surface area contributed by atoms with Crippen molar-refractivity contribution in [2.24, 2.45) is 0 Å². The Bertz CT molecular complexity index is 618. The molecule has 96 valence electrons. The van der Waals surface area contributed by atoms with Gasteiger partial charge in [0.15, 0.2) is 0 Å². The minimum atomic E-state index is 0.316. The van der Waals surface area contributed by atoms with Crippen molar-refractivity contribution in [2.45, 2.75) is 13.8 Å². The Balaban J connectivity index is 2.28. The van der Waals surface area contributed by atoms with Gasteiger partial charge in [-0.1, -0.05) is 6.07 Å². The maximum Gasteiger partial charge on any atom is 0.237 e. The van der Waals surface area contributed by atoms with Crippen LogP contribution in [0.3, 0.4) is 0 Å². The highest BCUT2D eigenvalue weighted by Crippen LogP contribution is 2.26. The van der Waals surface area contributed by atoms with Crippen molar-refractivity contribution in [3.8, 4) is 23.4 Å². The summed E-state index contributed by atoms with van der Waals surface area (Å²) in [6, 6.07) is 12.8. The summed E-state index contributed by atoms with van der Waals surface area (Å²) in [6.45, 7) is 4.36. The van der Waals surface area contributed by atoms with Crippen molar-refractivity contribution in [1.82, 2.24) is 4.98 Å². The Hall–Kier alpha value is -2.54. The Morgan fingerprint density at radius 3 is 2.74 bits per heavy atom. The van der Waals surface area contributed by atoms with Crippen LogP contribution in [0.4, 0.5) is 0 Å². The molecular formula is C15H14N2O2. The highest BCUT2D eigenvalue weighted by Gasteiger charge is 2.07. The van der Waals surface area contributed by atoms with Crippen molar-refractivity contribution >= 4 is 0 Å². The molecule has 0 spiro atoms. The number of aromatic nitrogens is 1. The average Bonchev–Trinajstić information content (AvgIpc) is 2.40. The van der Waals surface area contributed by atoms with Gasteiger partial charge < -0.3 is 9.47 Å². The first-order valence-electron chi connectivity index (χ1n) is 6.01. The van der Waals surface area contributed by atoms with Gasteiger partial charge in [-0.3, -0.25) is 0 Å². The smallest absolute Gasteiger partial charge is 0.237 e. The summed E-state index contributed by atoms with van der Waals surface area (Å²) in [5.41, 5.74) is 1.21. The number of hydrogen-bond donors (Lipinski definition) is 0. The molecule has 19 heavy (non-hydrogen) atoms. The second kappa shape index (κ2) is 5.87. The monoisotopic (exact) mass is 254 g/mol. The topological polar surface area (TPSA) is 55.1 Å². The van der Waals surface area contributed by atoms with Crippen LogP contribution in [0.15, 0.2) is 36.4 Å². The lowest BCUT2D eigenvalue weighted by Crippen LogP contribution is -1.95. The third-order valence-electron chi connectivity index (χ3n) is 2.45. The van der Waals surface area contributed by atoms with Crippen molar-refractivity contribution < 1.29 is 9.47 Å². The van der Waals surface area contributed by atoms with Crippen LogP contribution in [0.25, 0.3) is 0 Å². The predicted molar refractivity (Wildman–Crippen MR) is 71.4 cm³/mol. The van der Waals surface area contributed by atoms with E-state index < -0.39 is 0 Å². The normalized spacial score (nSPS) is 9.74. The van der Waals surface area contributed by atoms with Crippen molar-refractivity contribution in [3.05, 3.63) is 47.7 Å². The van der Waals surface area contributed by atoms with E-state index in [1.54, 1.807) is 24.3 Å². The first-order chi connectivity index (χ1) is 9.22. The Morgan fingerprint density at radius 2 is 2.00 bits per heavy atom. The van der Waals surface area contributed by atoms with E-state index in [1.165, 1.54) is 0 Å². The lowest BCUT2D eigenvalue weighted by molar-refractivity contribution is 0.338. The van der Waals surface area contributed by atoms with E-state index in [4.69, 9.17) is 14.7 Å². The summed E-state index contributed by atoms with van der Waals surface area (Å²) in [5, 5.41) is 9.03. The average molecular weight is 254 g/mol. The quantitative estimate of drug-likeness (QED) is 0.838. The van der Waals surface area contributed by atoms with Gasteiger partial charge in [0.05, 0.1) is 6.61 Å². The second-order valence-electron chi connectivity index (χ2n) is 3.93. The van der Waals surface area contributed by atoms with Crippen LogP contribution in [0.2, 0.25) is 0 Å². The van der Waals surface area contributed by atoms with Crippen LogP contribution >= 0.6 is 0 Å². The van der Waals surface area contributed by atoms with Gasteiger partial charge in [0, 0.05) is 11.8 Å². The van der Waals surface area contributed by atoms with E-state index in [-0.39, 0.29) is 0 Å². The zero-order valence-electron chi connectivity index (χ0n) is 10.9. The van der Waals surface area contributed by atoms with Crippen LogP contribution < -0.4 is 9.47 Å². The van der Waals surface area contributed by atoms with E-state index >= 15 is 0 Å². The lowest BCUT2D eigenvalue weighted by atomic mass is 10.2. The number of hydrogen-bond acceptors (Lipinski definition) is 4. The van der Waals surface area contributed by atoms with Gasteiger partial charge in [0.25, 0.3) is 0 Å². The Morgan fingerprint density at radius 1 is 1.21 bits per heavy atom. The predicted octanol–water partition coefficient (Wildman–Crippen LogP) is 3.45. The number of ether oxygens (including phenoxy) is 2. The fourth-order valence-corrected chi connectivity index (χ4v) is 1.60. The molecule has 1 aromatic heterocycles. The molecule has 2 aromatic rings. The number of nitriles is 1. The lowest BCUT2D eigenvalue weighted by Gasteiger charge is -2.09. The molecule has 1 aromatic carbocycles. The van der Waals surface area contributed by atoms with Gasteiger partial charge in [0.2, 0.25) is 5.88 Å². The number of nitrogens with zero attached hydrogens (tertiary/aromatic N) is 2. The maximum atomic E-state index is 9.03. The first kappa shape index (κ1) is 12.9. The molecule has 1 heterocycles. The molecule has 0 aliphatic heterocycles. The first-order valence-corrected chi connectivity index (χ1v) is 6.01. The van der Waals surface area contributed by atoms with Crippen LogP contribution in [0, 0.1) is 18.3 Å². The summed E-state index contributed by atoms with van der Waals surface area (Å²) < 4.78 is 11.1. The molecule has 0 N–H and O–H groups in total. The molecule has 0 fully saturated rings. The molecule has 0 unspecified atom stereocenters. The van der Waals surface area contributed by atoms with Crippen LogP contribution in [-0.4, -0.2) is 11.6 Å². The number of benzene rings is 1. The number of rotatable bonds is 4. The van der Waals surface area contributed by atoms with Crippen molar-refractivity contribution in [1.29, 1.82) is 5.26 Å². The summed E-state index contributed by atoms with van der Waals surface area (Å²) >= 11 is 0. The van der Waals surface area contributed by atoms with Crippen LogP contribution in [-0.2, 0) is 0 Å². The standard InChI is InChI=1S/C15H14N2O2/c1-3-18-13-5-4-6-14(9-13)19-15-12(10-16)8-7-11(2)17-15/h4-9H,3H2,1-2H3. The molecule has 0 amide bonds. The molecule has 0 radical (unpaired) electrons. The maximum absolute atomic E-state index is 9.03. The summed E-state index contributed by atoms with van der Waals surface area (Å²) in [7, 11) is 0. The number of pyridine rings is 1. The van der Waals surface area contributed by atoms with Gasteiger partial charge >= 0.3 is 0 Å². The molecule has 0 atom stereocenters. The van der Waals surface area contributed by atoms with Crippen molar-refractivity contribution in [2.75, 3.05) is 6.61 Å². The molecule has 0 saturated carbocycles. The van der Waals surface area contributed by atoms with E-state index in [1.807, 2.05) is 26.0 Å². The van der Waals surface area contributed by atoms with E-state index in [0.717, 1.165) is 11.4 Å². The fourth-order valence-electron chi connectivity index (χ4n) is 1.60. The molecule has 4 nitrogen and oxygen atoms in total. The third-order valence-corrected chi connectivity index (χ3v) is 2.45. The second-order valence-corrected chi connectivity index (χ2v) is 3.93. The Labute approximate surface area is 112 Å². The van der Waals surface area contributed by atoms with E-state index in [9.17, 15) is 0 Å². The van der Waals surface area contributed by atoms with Crippen LogP contribution in [0.5, 0.6) is 17.4 Å². The highest BCUT2D eigenvalue weighted by atomic mass is 16.5.